The number of sulfonamides is 2. The van der Waals surface area contributed by atoms with Crippen molar-refractivity contribution in [1.82, 2.24) is 28.8 Å². The van der Waals surface area contributed by atoms with Gasteiger partial charge in [0.2, 0.25) is 20.0 Å². The molecule has 55 heavy (non-hydrogen) atoms. The summed E-state index contributed by atoms with van der Waals surface area (Å²) in [7, 11) is -7.26. The van der Waals surface area contributed by atoms with Crippen LogP contribution in [0.15, 0.2) is 120 Å². The molecule has 0 aliphatic carbocycles. The van der Waals surface area contributed by atoms with E-state index in [0.717, 1.165) is 0 Å². The number of hydrogen-bond acceptors (Lipinski definition) is 11. The van der Waals surface area contributed by atoms with Crippen molar-refractivity contribution in [2.45, 2.75) is 48.2 Å². The molecular formula is C37H48Cl2N6O8S2. The summed E-state index contributed by atoms with van der Waals surface area (Å²) < 4.78 is 72.0. The number of carbonyl (C=O) groups is 1. The van der Waals surface area contributed by atoms with Gasteiger partial charge in [-0.15, -0.1) is 24.8 Å². The van der Waals surface area contributed by atoms with Crippen LogP contribution < -0.4 is 14.8 Å². The molecule has 14 nitrogen and oxygen atoms in total. The van der Waals surface area contributed by atoms with Crippen LogP contribution >= 0.6 is 24.8 Å². The lowest BCUT2D eigenvalue weighted by Gasteiger charge is -2.40. The highest BCUT2D eigenvalue weighted by Gasteiger charge is 2.39. The van der Waals surface area contributed by atoms with Crippen molar-refractivity contribution < 1.29 is 35.8 Å². The molecule has 2 unspecified atom stereocenters. The second kappa shape index (κ2) is 20.8. The molecule has 0 saturated carbocycles. The van der Waals surface area contributed by atoms with Crippen molar-refractivity contribution in [1.29, 1.82) is 0 Å². The number of amides is 1. The number of piperazine rings is 2. The maximum absolute atomic E-state index is 13.2. The Kier molecular flexibility index (Phi) is 17.1. The summed E-state index contributed by atoms with van der Waals surface area (Å²) >= 11 is 0. The van der Waals surface area contributed by atoms with E-state index in [1.165, 1.54) is 13.5 Å². The molecule has 0 bridgehead atoms. The van der Waals surface area contributed by atoms with Gasteiger partial charge in [-0.25, -0.2) is 21.6 Å². The van der Waals surface area contributed by atoms with Crippen molar-refractivity contribution >= 4 is 51.0 Å². The van der Waals surface area contributed by atoms with Gasteiger partial charge in [0.05, 0.1) is 34.3 Å². The first-order valence-electron chi connectivity index (χ1n) is 17.2. The molecule has 2 aliphatic heterocycles. The zero-order valence-corrected chi connectivity index (χ0v) is 34.1. The van der Waals surface area contributed by atoms with Gasteiger partial charge in [-0.05, 0) is 69.3 Å². The highest BCUT2D eigenvalue weighted by molar-refractivity contribution is 7.89. The topological polar surface area (TPSA) is 161 Å². The first kappa shape index (κ1) is 45.4. The number of rotatable bonds is 10. The van der Waals surface area contributed by atoms with Crippen molar-refractivity contribution in [2.24, 2.45) is 0 Å². The zero-order valence-electron chi connectivity index (χ0n) is 30.8. The number of nitrogens with zero attached hydrogens (tertiary/aromatic N) is 5. The van der Waals surface area contributed by atoms with Gasteiger partial charge in [0, 0.05) is 51.7 Å². The Morgan fingerprint density at radius 1 is 0.709 bits per heavy atom. The minimum atomic E-state index is -3.74. The number of halogens is 2. The van der Waals surface area contributed by atoms with E-state index in [1.54, 1.807) is 130 Å². The van der Waals surface area contributed by atoms with Gasteiger partial charge in [0.15, 0.2) is 0 Å². The second-order valence-corrected chi connectivity index (χ2v) is 17.1. The Morgan fingerprint density at radius 3 is 1.67 bits per heavy atom. The van der Waals surface area contributed by atoms with Gasteiger partial charge in [-0.1, -0.05) is 36.4 Å². The average molecular weight is 840 g/mol. The Labute approximate surface area is 336 Å². The lowest BCUT2D eigenvalue weighted by atomic mass is 10.2. The van der Waals surface area contributed by atoms with Gasteiger partial charge in [-0.2, -0.15) is 8.61 Å². The summed E-state index contributed by atoms with van der Waals surface area (Å²) in [4.78, 5) is 22.6. The molecule has 1 N–H and O–H groups in total. The number of hydrogen-bond donors (Lipinski definition) is 1. The first-order valence-corrected chi connectivity index (χ1v) is 20.1. The van der Waals surface area contributed by atoms with Gasteiger partial charge >= 0.3 is 6.09 Å². The van der Waals surface area contributed by atoms with Gasteiger partial charge in [0.25, 0.3) is 0 Å². The SMILES string of the molecule is CC(C)(C)OC(=O)N1CCN(S(=O)(=O)c2ccccc2)C(COc2cccnc2)C1.Cl.Cl.O=S(=O)(c1ccccc1)N1CCNCC1COc1cccnc1. The first-order chi connectivity index (χ1) is 25.3. The highest BCUT2D eigenvalue weighted by atomic mass is 35.5. The number of ether oxygens (including phenoxy) is 3. The summed E-state index contributed by atoms with van der Waals surface area (Å²) in [5, 5.41) is 3.22. The van der Waals surface area contributed by atoms with Crippen LogP contribution in [0.4, 0.5) is 4.79 Å². The van der Waals surface area contributed by atoms with Crippen molar-refractivity contribution in [3.63, 3.8) is 0 Å². The fourth-order valence-corrected chi connectivity index (χ4v) is 8.93. The molecule has 4 heterocycles. The lowest BCUT2D eigenvalue weighted by Crippen LogP contribution is -2.58. The summed E-state index contributed by atoms with van der Waals surface area (Å²) in [5.74, 6) is 1.17. The average Bonchev–Trinajstić information content (AvgIpc) is 3.17. The summed E-state index contributed by atoms with van der Waals surface area (Å²) in [5.41, 5.74) is -0.633. The zero-order chi connectivity index (χ0) is 37.9. The van der Waals surface area contributed by atoms with E-state index in [9.17, 15) is 21.6 Å². The van der Waals surface area contributed by atoms with Gasteiger partial charge in [-0.3, -0.25) is 9.97 Å². The van der Waals surface area contributed by atoms with E-state index < -0.39 is 37.8 Å². The van der Waals surface area contributed by atoms with E-state index in [4.69, 9.17) is 14.2 Å². The standard InChI is InChI=1S/C21H27N3O5S.C16H19N3O3S.2ClH/c1-21(2,3)29-20(25)23-12-13-24(30(26,27)19-9-5-4-6-10-19)17(15-23)16-28-18-8-7-11-22-14-18;20-23(21,16-6-2-1-3-7-16)19-10-9-18-11-14(19)13-22-15-5-4-8-17-12-15;;/h4-11,14,17H,12-13,15-16H2,1-3H3;1-8,12,14,18H,9-11,13H2;2*1H. The molecule has 18 heteroatoms. The molecule has 2 atom stereocenters. The highest BCUT2D eigenvalue weighted by Crippen LogP contribution is 2.24. The molecule has 2 saturated heterocycles. The van der Waals surface area contributed by atoms with Crippen molar-refractivity contribution in [3.05, 3.63) is 110 Å². The quantitative estimate of drug-likeness (QED) is 0.235. The minimum absolute atomic E-state index is 0. The molecule has 2 aliphatic rings. The van der Waals surface area contributed by atoms with Crippen molar-refractivity contribution in [3.8, 4) is 11.5 Å². The maximum Gasteiger partial charge on any atom is 0.410 e. The third-order valence-corrected chi connectivity index (χ3v) is 12.2. The Hall–Kier alpha value is -4.03. The monoisotopic (exact) mass is 838 g/mol. The van der Waals surface area contributed by atoms with Gasteiger partial charge in [0.1, 0.15) is 30.3 Å². The molecule has 300 valence electrons. The van der Waals surface area contributed by atoms with Gasteiger partial charge < -0.3 is 24.4 Å². The third-order valence-electron chi connectivity index (χ3n) is 8.23. The fourth-order valence-electron chi connectivity index (χ4n) is 5.69. The number of pyridine rings is 2. The maximum atomic E-state index is 13.2. The Bertz CT molecular complexity index is 1970. The smallest absolute Gasteiger partial charge is 0.410 e. The molecule has 2 aromatic carbocycles. The Balaban J connectivity index is 0.000000294. The van der Waals surface area contributed by atoms with Crippen LogP contribution in [0.1, 0.15) is 20.8 Å². The normalized spacial score (nSPS) is 18.0. The predicted molar refractivity (Wildman–Crippen MR) is 213 cm³/mol. The fraction of sp³-hybridized carbons (Fsp3) is 0.378. The summed E-state index contributed by atoms with van der Waals surface area (Å²) in [6.45, 7) is 7.93. The predicted octanol–water partition coefficient (Wildman–Crippen LogP) is 4.74. The van der Waals surface area contributed by atoms with E-state index in [0.29, 0.717) is 36.0 Å². The third kappa shape index (κ3) is 12.7. The molecule has 4 aromatic rings. The molecule has 0 radical (unpaired) electrons. The summed E-state index contributed by atoms with van der Waals surface area (Å²) in [6.07, 6.45) is 6.01. The van der Waals surface area contributed by atoms with Crippen molar-refractivity contribution in [2.75, 3.05) is 52.5 Å². The number of nitrogens with one attached hydrogen (secondary N) is 1. The van der Waals surface area contributed by atoms with Crippen LogP contribution in [0.2, 0.25) is 0 Å². The number of benzene rings is 2. The van der Waals surface area contributed by atoms with E-state index in [1.807, 2.05) is 0 Å². The van der Waals surface area contributed by atoms with Crippen LogP contribution in [0, 0.1) is 0 Å². The second-order valence-electron chi connectivity index (χ2n) is 13.3. The molecule has 2 aromatic heterocycles. The molecule has 2 fully saturated rings. The minimum Gasteiger partial charge on any atom is -0.490 e. The number of carbonyl (C=O) groups excluding carboxylic acids is 1. The molecule has 6 rings (SSSR count). The van der Waals surface area contributed by atoms with Crippen LogP contribution in [0.25, 0.3) is 0 Å². The van der Waals surface area contributed by atoms with Crippen LogP contribution in [0.5, 0.6) is 11.5 Å². The van der Waals surface area contributed by atoms with E-state index >= 15 is 0 Å². The van der Waals surface area contributed by atoms with Crippen LogP contribution in [-0.2, 0) is 24.8 Å². The summed E-state index contributed by atoms with van der Waals surface area (Å²) in [6, 6.07) is 23.0. The molecular weight excluding hydrogens is 791 g/mol. The van der Waals surface area contributed by atoms with Crippen LogP contribution in [0.3, 0.4) is 0 Å². The van der Waals surface area contributed by atoms with E-state index in [2.05, 4.69) is 15.3 Å². The lowest BCUT2D eigenvalue weighted by molar-refractivity contribution is 0.00977. The molecule has 0 spiro atoms. The Morgan fingerprint density at radius 2 is 1.20 bits per heavy atom. The largest absolute Gasteiger partial charge is 0.490 e. The van der Waals surface area contributed by atoms with Crippen LogP contribution in [-0.4, -0.2) is 117 Å². The number of aromatic nitrogens is 2. The molecule has 1 amide bonds. The van der Waals surface area contributed by atoms with E-state index in [-0.39, 0.29) is 68.6 Å².